The molecule has 0 spiro atoms. The molecule has 3 N–H and O–H groups in total. The van der Waals surface area contributed by atoms with E-state index < -0.39 is 10.0 Å². The van der Waals surface area contributed by atoms with Crippen molar-refractivity contribution < 1.29 is 8.42 Å². The van der Waals surface area contributed by atoms with Gasteiger partial charge in [0.05, 0.1) is 23.0 Å². The number of benzene rings is 1. The molecule has 1 aromatic heterocycles. The number of rotatable bonds is 4. The first kappa shape index (κ1) is 12.5. The fourth-order valence-corrected chi connectivity index (χ4v) is 2.50. The molecule has 1 heterocycles. The van der Waals surface area contributed by atoms with Crippen LogP contribution in [0.3, 0.4) is 0 Å². The molecule has 2 rings (SSSR count). The first-order valence-corrected chi connectivity index (χ1v) is 6.67. The minimum Gasteiger partial charge on any atom is -0.326 e. The zero-order valence-corrected chi connectivity index (χ0v) is 10.3. The van der Waals surface area contributed by atoms with E-state index in [4.69, 9.17) is 5.73 Å². The lowest BCUT2D eigenvalue weighted by Gasteiger charge is -2.08. The second kappa shape index (κ2) is 5.11. The number of aromatic nitrogens is 2. The van der Waals surface area contributed by atoms with Crippen LogP contribution in [0.15, 0.2) is 47.9 Å². The third-order valence-electron chi connectivity index (χ3n) is 2.26. The van der Waals surface area contributed by atoms with Crippen molar-refractivity contribution in [3.05, 3.63) is 48.5 Å². The van der Waals surface area contributed by atoms with Gasteiger partial charge in [0, 0.05) is 6.54 Å². The fraction of sp³-hybridized carbons (Fsp3) is 0.0909. The number of nitrogens with two attached hydrogens (primary N) is 1. The highest BCUT2D eigenvalue weighted by Gasteiger charge is 2.14. The average Bonchev–Trinajstić information content (AvgIpc) is 2.39. The predicted octanol–water partition coefficient (Wildman–Crippen LogP) is 0.736. The Kier molecular flexibility index (Phi) is 3.54. The second-order valence-corrected chi connectivity index (χ2v) is 5.27. The maximum absolute atomic E-state index is 12.1. The Bertz CT molecular complexity index is 629. The van der Waals surface area contributed by atoms with E-state index in [9.17, 15) is 8.42 Å². The number of nitrogens with zero attached hydrogens (tertiary/aromatic N) is 2. The molecule has 18 heavy (non-hydrogen) atoms. The molecule has 7 heteroatoms. The normalized spacial score (nSPS) is 11.2. The third kappa shape index (κ3) is 2.82. The van der Waals surface area contributed by atoms with E-state index in [1.54, 1.807) is 12.1 Å². The molecule has 6 nitrogen and oxygen atoms in total. The Balaban J connectivity index is 2.31. The van der Waals surface area contributed by atoms with Gasteiger partial charge in [-0.2, -0.15) is 0 Å². The standard InChI is InChI=1S/C11H12N4O2S/c12-5-9-2-1-3-11(4-9)18(16,17)15-10-6-13-8-14-7-10/h1-4,6-8,15H,5,12H2. The highest BCUT2D eigenvalue weighted by Crippen LogP contribution is 2.15. The van der Waals surface area contributed by atoms with Gasteiger partial charge >= 0.3 is 0 Å². The molecule has 0 bridgehead atoms. The summed E-state index contributed by atoms with van der Waals surface area (Å²) in [7, 11) is -3.63. The van der Waals surface area contributed by atoms with Gasteiger partial charge in [-0.1, -0.05) is 12.1 Å². The topological polar surface area (TPSA) is 98.0 Å². The van der Waals surface area contributed by atoms with Gasteiger partial charge in [0.15, 0.2) is 0 Å². The van der Waals surface area contributed by atoms with Crippen LogP contribution in [0.4, 0.5) is 5.69 Å². The Labute approximate surface area is 105 Å². The van der Waals surface area contributed by atoms with Gasteiger partial charge < -0.3 is 5.73 Å². The minimum absolute atomic E-state index is 0.161. The van der Waals surface area contributed by atoms with Gasteiger partial charge in [-0.3, -0.25) is 4.72 Å². The van der Waals surface area contributed by atoms with Gasteiger partial charge in [-0.15, -0.1) is 0 Å². The SMILES string of the molecule is NCc1cccc(S(=O)(=O)Nc2cncnc2)c1. The van der Waals surface area contributed by atoms with Gasteiger partial charge in [0.1, 0.15) is 6.33 Å². The summed E-state index contributed by atoms with van der Waals surface area (Å²) in [5.41, 5.74) is 6.55. The summed E-state index contributed by atoms with van der Waals surface area (Å²) < 4.78 is 26.5. The first-order chi connectivity index (χ1) is 8.62. The molecule has 0 amide bonds. The maximum atomic E-state index is 12.1. The summed E-state index contributed by atoms with van der Waals surface area (Å²) in [6.45, 7) is 0.289. The summed E-state index contributed by atoms with van der Waals surface area (Å²) in [6.07, 6.45) is 4.10. The molecule has 0 saturated carbocycles. The number of anilines is 1. The fourth-order valence-electron chi connectivity index (χ4n) is 1.41. The summed E-state index contributed by atoms with van der Waals surface area (Å²) >= 11 is 0. The van der Waals surface area contributed by atoms with Gasteiger partial charge in [0.25, 0.3) is 10.0 Å². The smallest absolute Gasteiger partial charge is 0.262 e. The van der Waals surface area contributed by atoms with Crippen LogP contribution >= 0.6 is 0 Å². The van der Waals surface area contributed by atoms with Crippen LogP contribution in [0.1, 0.15) is 5.56 Å². The zero-order valence-electron chi connectivity index (χ0n) is 9.45. The summed E-state index contributed by atoms with van der Waals surface area (Å²) in [5.74, 6) is 0. The van der Waals surface area contributed by atoms with E-state index in [0.29, 0.717) is 5.69 Å². The quantitative estimate of drug-likeness (QED) is 0.848. The number of nitrogens with one attached hydrogen (secondary N) is 1. The maximum Gasteiger partial charge on any atom is 0.262 e. The molecule has 94 valence electrons. The molecular formula is C11H12N4O2S. The van der Waals surface area contributed by atoms with Crippen LogP contribution in [-0.4, -0.2) is 18.4 Å². The largest absolute Gasteiger partial charge is 0.326 e. The Morgan fingerprint density at radius 1 is 1.22 bits per heavy atom. The molecule has 0 unspecified atom stereocenters. The van der Waals surface area contributed by atoms with Crippen LogP contribution in [0, 0.1) is 0 Å². The van der Waals surface area contributed by atoms with E-state index >= 15 is 0 Å². The highest BCUT2D eigenvalue weighted by atomic mass is 32.2. The average molecular weight is 264 g/mol. The molecule has 0 aliphatic heterocycles. The predicted molar refractivity (Wildman–Crippen MR) is 67.2 cm³/mol. The van der Waals surface area contributed by atoms with E-state index in [2.05, 4.69) is 14.7 Å². The van der Waals surface area contributed by atoms with Gasteiger partial charge in [0.2, 0.25) is 0 Å². The Hall–Kier alpha value is -1.99. The number of hydrogen-bond acceptors (Lipinski definition) is 5. The molecule has 0 atom stereocenters. The molecule has 0 aliphatic carbocycles. The lowest BCUT2D eigenvalue weighted by Crippen LogP contribution is -2.13. The van der Waals surface area contributed by atoms with E-state index in [1.807, 2.05) is 0 Å². The molecule has 0 radical (unpaired) electrons. The molecular weight excluding hydrogens is 252 g/mol. The molecule has 0 saturated heterocycles. The van der Waals surface area contributed by atoms with E-state index in [1.165, 1.54) is 30.9 Å². The van der Waals surface area contributed by atoms with Crippen LogP contribution in [0.5, 0.6) is 0 Å². The summed E-state index contributed by atoms with van der Waals surface area (Å²) in [6, 6.07) is 6.46. The van der Waals surface area contributed by atoms with Crippen molar-refractivity contribution in [3.63, 3.8) is 0 Å². The van der Waals surface area contributed by atoms with Gasteiger partial charge in [-0.05, 0) is 17.7 Å². The monoisotopic (exact) mass is 264 g/mol. The van der Waals surface area contributed by atoms with Crippen molar-refractivity contribution in [2.24, 2.45) is 5.73 Å². The first-order valence-electron chi connectivity index (χ1n) is 5.18. The summed E-state index contributed by atoms with van der Waals surface area (Å²) in [4.78, 5) is 7.64. The van der Waals surface area contributed by atoms with E-state index in [0.717, 1.165) is 5.56 Å². The molecule has 1 aromatic carbocycles. The van der Waals surface area contributed by atoms with Crippen LogP contribution in [-0.2, 0) is 16.6 Å². The lowest BCUT2D eigenvalue weighted by atomic mass is 10.2. The van der Waals surface area contributed by atoms with Crippen molar-refractivity contribution in [1.82, 2.24) is 9.97 Å². The second-order valence-electron chi connectivity index (χ2n) is 3.58. The summed E-state index contributed by atoms with van der Waals surface area (Å²) in [5, 5.41) is 0. The number of sulfonamides is 1. The van der Waals surface area contributed by atoms with Crippen molar-refractivity contribution in [2.45, 2.75) is 11.4 Å². The van der Waals surface area contributed by atoms with Crippen molar-refractivity contribution >= 4 is 15.7 Å². The minimum atomic E-state index is -3.63. The van der Waals surface area contributed by atoms with Gasteiger partial charge in [-0.25, -0.2) is 18.4 Å². The van der Waals surface area contributed by atoms with Crippen LogP contribution in [0.25, 0.3) is 0 Å². The van der Waals surface area contributed by atoms with Crippen molar-refractivity contribution in [3.8, 4) is 0 Å². The van der Waals surface area contributed by atoms with E-state index in [-0.39, 0.29) is 11.4 Å². The van der Waals surface area contributed by atoms with Crippen molar-refractivity contribution in [1.29, 1.82) is 0 Å². The third-order valence-corrected chi connectivity index (χ3v) is 3.64. The number of hydrogen-bond donors (Lipinski definition) is 2. The molecule has 0 fully saturated rings. The molecule has 0 aliphatic rings. The Morgan fingerprint density at radius 2 is 1.94 bits per heavy atom. The van der Waals surface area contributed by atoms with Crippen LogP contribution < -0.4 is 10.5 Å². The Morgan fingerprint density at radius 3 is 2.61 bits per heavy atom. The molecule has 2 aromatic rings. The van der Waals surface area contributed by atoms with Crippen LogP contribution in [0.2, 0.25) is 0 Å². The highest BCUT2D eigenvalue weighted by molar-refractivity contribution is 7.92. The van der Waals surface area contributed by atoms with Crippen molar-refractivity contribution in [2.75, 3.05) is 4.72 Å². The lowest BCUT2D eigenvalue weighted by molar-refractivity contribution is 0.601. The zero-order chi connectivity index (χ0) is 13.0.